The van der Waals surface area contributed by atoms with Crippen molar-refractivity contribution < 1.29 is 46.8 Å². The summed E-state index contributed by atoms with van der Waals surface area (Å²) in [6.45, 7) is 4.02. The van der Waals surface area contributed by atoms with Crippen molar-refractivity contribution in [2.45, 2.75) is 6.10 Å². The second-order valence-corrected chi connectivity index (χ2v) is 9.80. The molecular weight excluding hydrogens is 532 g/mol. The molecule has 2 atom stereocenters. The van der Waals surface area contributed by atoms with E-state index in [0.29, 0.717) is 16.8 Å². The van der Waals surface area contributed by atoms with Crippen LogP contribution in [0.2, 0.25) is 0 Å². The van der Waals surface area contributed by atoms with E-state index < -0.39 is 39.1 Å². The highest BCUT2D eigenvalue weighted by Gasteiger charge is 2.26. The average Bonchev–Trinajstić information content (AvgIpc) is 2.62. The molecule has 0 aromatic heterocycles. The minimum absolute atomic E-state index is 0.0243. The largest absolute Gasteiger partial charge is 0.482 e. The Labute approximate surface area is 189 Å². The van der Waals surface area contributed by atoms with Gasteiger partial charge in [0.1, 0.15) is 25.5 Å². The molecule has 30 heavy (non-hydrogen) atoms. The first-order valence-electron chi connectivity index (χ1n) is 8.79. The molecule has 0 aliphatic carbocycles. The summed E-state index contributed by atoms with van der Waals surface area (Å²) in [4.78, 5) is 32.5. The number of halogens is 1. The molecule has 168 valence electrons. The van der Waals surface area contributed by atoms with Gasteiger partial charge in [-0.2, -0.15) is 0 Å². The number of phosphoric acid groups is 1. The lowest BCUT2D eigenvalue weighted by atomic mass is 10.3. The van der Waals surface area contributed by atoms with E-state index >= 15 is 0 Å². The van der Waals surface area contributed by atoms with Gasteiger partial charge in [0.25, 0.3) is 0 Å². The van der Waals surface area contributed by atoms with Gasteiger partial charge in [0.15, 0.2) is 12.7 Å². The number of ether oxygens (including phenoxy) is 3. The molecule has 0 amide bonds. The SMILES string of the molecule is [CH]C(=O)O[C@H](COC(=O)COc1ccc(I)cc1)COP(=O)(O)OCC[N+](C)(C)C. The Balaban J connectivity index is 2.44. The normalized spacial score (nSPS) is 14.5. The van der Waals surface area contributed by atoms with E-state index in [9.17, 15) is 19.0 Å². The zero-order valence-corrected chi connectivity index (χ0v) is 20.0. The van der Waals surface area contributed by atoms with E-state index in [1.807, 2.05) is 33.3 Å². The van der Waals surface area contributed by atoms with E-state index in [4.69, 9.17) is 30.2 Å². The molecule has 0 aliphatic heterocycles. The summed E-state index contributed by atoms with van der Waals surface area (Å²) in [5.74, 6) is -1.42. The number of hydrogen-bond acceptors (Lipinski definition) is 8. The summed E-state index contributed by atoms with van der Waals surface area (Å²) in [5.41, 5.74) is 0. The molecule has 1 unspecified atom stereocenters. The molecule has 0 aliphatic rings. The Morgan fingerprint density at radius 1 is 1.17 bits per heavy atom. The van der Waals surface area contributed by atoms with Crippen LogP contribution in [0.1, 0.15) is 0 Å². The van der Waals surface area contributed by atoms with Gasteiger partial charge in [-0.3, -0.25) is 13.8 Å². The van der Waals surface area contributed by atoms with E-state index in [-0.39, 0.29) is 13.2 Å². The van der Waals surface area contributed by atoms with E-state index in [1.165, 1.54) is 0 Å². The molecule has 2 radical (unpaired) electrons. The summed E-state index contributed by atoms with van der Waals surface area (Å²) in [5, 5.41) is 0. The number of esters is 2. The minimum atomic E-state index is -4.39. The lowest BCUT2D eigenvalue weighted by molar-refractivity contribution is -0.870. The Bertz CT molecular complexity index is 736. The molecule has 0 saturated heterocycles. The quantitative estimate of drug-likeness (QED) is 0.167. The van der Waals surface area contributed by atoms with Crippen molar-refractivity contribution in [2.24, 2.45) is 0 Å². The van der Waals surface area contributed by atoms with Crippen LogP contribution in [0.15, 0.2) is 24.3 Å². The molecular formula is C18H26INO9P+. The van der Waals surface area contributed by atoms with Crippen LogP contribution in [-0.4, -0.2) is 81.5 Å². The fourth-order valence-electron chi connectivity index (χ4n) is 1.83. The molecule has 1 aromatic carbocycles. The number of benzene rings is 1. The number of carbonyl (C=O) groups excluding carboxylic acids is 2. The first-order chi connectivity index (χ1) is 13.9. The molecule has 1 N–H and O–H groups in total. The van der Waals surface area contributed by atoms with Gasteiger partial charge in [0.2, 0.25) is 0 Å². The number of likely N-dealkylation sites (N-methyl/N-ethyl adjacent to an activating group) is 1. The Morgan fingerprint density at radius 3 is 2.37 bits per heavy atom. The van der Waals surface area contributed by atoms with Crippen molar-refractivity contribution in [1.29, 1.82) is 0 Å². The van der Waals surface area contributed by atoms with Crippen LogP contribution >= 0.6 is 30.4 Å². The lowest BCUT2D eigenvalue weighted by Gasteiger charge is -2.24. The van der Waals surface area contributed by atoms with Crippen LogP contribution < -0.4 is 4.74 Å². The smallest absolute Gasteiger partial charge is 0.472 e. The fraction of sp³-hybridized carbons (Fsp3) is 0.500. The monoisotopic (exact) mass is 558 g/mol. The molecule has 0 fully saturated rings. The van der Waals surface area contributed by atoms with E-state index in [0.717, 1.165) is 3.57 Å². The molecule has 1 aromatic rings. The fourth-order valence-corrected chi connectivity index (χ4v) is 2.93. The predicted octanol–water partition coefficient (Wildman–Crippen LogP) is 1.68. The molecule has 0 saturated carbocycles. The standard InChI is InChI=1S/C18H25INO9P/c1-14(21)29-17(12-28-30(23,24)27-10-9-20(2,3)4)11-26-18(22)13-25-16-7-5-15(19)6-8-16/h1,5-8,17H,9-13H2,2-4H3/p+1/t17-/m1/s1. The molecule has 0 bridgehead atoms. The van der Waals surface area contributed by atoms with Crippen molar-refractivity contribution in [3.63, 3.8) is 0 Å². The third kappa shape index (κ3) is 13.1. The van der Waals surface area contributed by atoms with Crippen molar-refractivity contribution >= 4 is 42.4 Å². The molecule has 12 heteroatoms. The summed E-state index contributed by atoms with van der Waals surface area (Å²) >= 11 is 2.13. The number of nitrogens with zero attached hydrogens (tertiary/aromatic N) is 1. The highest BCUT2D eigenvalue weighted by atomic mass is 127. The maximum atomic E-state index is 11.9. The molecule has 0 spiro atoms. The number of phosphoric ester groups is 1. The number of hydrogen-bond donors (Lipinski definition) is 1. The Hall–Kier alpha value is -1.24. The highest BCUT2D eigenvalue weighted by Crippen LogP contribution is 2.43. The van der Waals surface area contributed by atoms with Crippen LogP contribution in [-0.2, 0) is 32.7 Å². The maximum Gasteiger partial charge on any atom is 0.472 e. The summed E-state index contributed by atoms with van der Waals surface area (Å²) in [6, 6.07) is 7.01. The van der Waals surface area contributed by atoms with Gasteiger partial charge < -0.3 is 23.6 Å². The zero-order chi connectivity index (χ0) is 22.8. The highest BCUT2D eigenvalue weighted by molar-refractivity contribution is 14.1. The van der Waals surface area contributed by atoms with Gasteiger partial charge >= 0.3 is 19.8 Å². The molecule has 1 rings (SSSR count). The van der Waals surface area contributed by atoms with Gasteiger partial charge in [0, 0.05) is 3.57 Å². The van der Waals surface area contributed by atoms with Crippen molar-refractivity contribution in [3.05, 3.63) is 34.8 Å². The second-order valence-electron chi connectivity index (χ2n) is 7.10. The molecule has 0 heterocycles. The van der Waals surface area contributed by atoms with Crippen LogP contribution in [0.25, 0.3) is 0 Å². The first kappa shape index (κ1) is 26.8. The van der Waals surface area contributed by atoms with E-state index in [2.05, 4.69) is 22.6 Å². The van der Waals surface area contributed by atoms with Crippen molar-refractivity contribution in [1.82, 2.24) is 0 Å². The van der Waals surface area contributed by atoms with Crippen LogP contribution in [0.3, 0.4) is 0 Å². The topological polar surface area (TPSA) is 118 Å². The second kappa shape index (κ2) is 12.6. The van der Waals surface area contributed by atoms with Crippen LogP contribution in [0, 0.1) is 10.5 Å². The zero-order valence-electron chi connectivity index (χ0n) is 17.0. The molecule has 10 nitrogen and oxygen atoms in total. The summed E-state index contributed by atoms with van der Waals surface area (Å²) in [7, 11) is 1.28. The maximum absolute atomic E-state index is 11.9. The predicted molar refractivity (Wildman–Crippen MR) is 114 cm³/mol. The van der Waals surface area contributed by atoms with Gasteiger partial charge in [-0.05, 0) is 46.9 Å². The Kier molecular flexibility index (Phi) is 11.2. The van der Waals surface area contributed by atoms with Crippen molar-refractivity contribution in [3.8, 4) is 5.75 Å². The van der Waals surface area contributed by atoms with Crippen LogP contribution in [0.5, 0.6) is 5.75 Å². The van der Waals surface area contributed by atoms with E-state index in [1.54, 1.807) is 12.1 Å². The number of rotatable bonds is 13. The summed E-state index contributed by atoms with van der Waals surface area (Å²) in [6.07, 6.45) is -1.20. The number of carbonyl (C=O) groups is 2. The third-order valence-corrected chi connectivity index (χ3v) is 5.03. The summed E-state index contributed by atoms with van der Waals surface area (Å²) < 4.78 is 38.1. The Morgan fingerprint density at radius 2 is 1.80 bits per heavy atom. The minimum Gasteiger partial charge on any atom is -0.482 e. The van der Waals surface area contributed by atoms with Crippen molar-refractivity contribution in [2.75, 3.05) is 54.1 Å². The average molecular weight is 558 g/mol. The van der Waals surface area contributed by atoms with Gasteiger partial charge in [-0.15, -0.1) is 0 Å². The third-order valence-electron chi connectivity index (χ3n) is 3.32. The number of quaternary nitrogens is 1. The lowest BCUT2D eigenvalue weighted by Crippen LogP contribution is -2.37. The van der Waals surface area contributed by atoms with Gasteiger partial charge in [-0.1, -0.05) is 0 Å². The first-order valence-corrected chi connectivity index (χ1v) is 11.4. The van der Waals surface area contributed by atoms with Crippen LogP contribution in [0.4, 0.5) is 0 Å². The van der Waals surface area contributed by atoms with Gasteiger partial charge in [-0.25, -0.2) is 9.36 Å². The van der Waals surface area contributed by atoms with Gasteiger partial charge in [0.05, 0.1) is 34.7 Å².